The van der Waals surface area contributed by atoms with Gasteiger partial charge in [-0.05, 0) is 28.4 Å². The summed E-state index contributed by atoms with van der Waals surface area (Å²) in [5, 5.41) is 21.8. The summed E-state index contributed by atoms with van der Waals surface area (Å²) in [6.07, 6.45) is 0.216. The van der Waals surface area contributed by atoms with Crippen molar-refractivity contribution in [2.75, 3.05) is 0 Å². The first kappa shape index (κ1) is 15.1. The Morgan fingerprint density at radius 1 is 1.53 bits per heavy atom. The van der Waals surface area contributed by atoms with Gasteiger partial charge in [0.25, 0.3) is 11.6 Å². The highest BCUT2D eigenvalue weighted by Gasteiger charge is 2.21. The molecule has 0 radical (unpaired) electrons. The number of nitrogens with zero attached hydrogens (tertiary/aromatic N) is 1. The van der Waals surface area contributed by atoms with Crippen molar-refractivity contribution >= 4 is 33.5 Å². The second-order valence-electron chi connectivity index (χ2n) is 3.69. The van der Waals surface area contributed by atoms with Crippen molar-refractivity contribution in [3.63, 3.8) is 0 Å². The summed E-state index contributed by atoms with van der Waals surface area (Å²) >= 11 is 3.10. The van der Waals surface area contributed by atoms with E-state index in [4.69, 9.17) is 5.11 Å². The Morgan fingerprint density at radius 3 is 2.63 bits per heavy atom. The maximum absolute atomic E-state index is 11.9. The van der Waals surface area contributed by atoms with Gasteiger partial charge < -0.3 is 10.4 Å². The Balaban J connectivity index is 3.02. The molecule has 8 heteroatoms. The van der Waals surface area contributed by atoms with E-state index in [1.54, 1.807) is 6.92 Å². The first-order chi connectivity index (χ1) is 8.86. The quantitative estimate of drug-likeness (QED) is 0.633. The molecule has 0 aliphatic heterocycles. The van der Waals surface area contributed by atoms with Gasteiger partial charge in [0, 0.05) is 16.6 Å². The monoisotopic (exact) mass is 330 g/mol. The molecular weight excluding hydrogens is 320 g/mol. The summed E-state index contributed by atoms with van der Waals surface area (Å²) in [4.78, 5) is 32.7. The SMILES string of the molecule is CCC(NC(=O)c1cc([N+](=O)[O-])ccc1Br)C(=O)O. The number of non-ortho nitro benzene ring substituents is 1. The predicted octanol–water partition coefficient (Wildman–Crippen LogP) is 1.95. The molecule has 0 heterocycles. The van der Waals surface area contributed by atoms with E-state index in [1.807, 2.05) is 0 Å². The Hall–Kier alpha value is -1.96. The lowest BCUT2D eigenvalue weighted by Crippen LogP contribution is -2.40. The van der Waals surface area contributed by atoms with Gasteiger partial charge in [0.2, 0.25) is 0 Å². The van der Waals surface area contributed by atoms with E-state index in [1.165, 1.54) is 12.1 Å². The fourth-order valence-corrected chi connectivity index (χ4v) is 1.80. The molecule has 7 nitrogen and oxygen atoms in total. The summed E-state index contributed by atoms with van der Waals surface area (Å²) in [5.74, 6) is -1.83. The molecule has 0 bridgehead atoms. The van der Waals surface area contributed by atoms with E-state index in [0.717, 1.165) is 6.07 Å². The van der Waals surface area contributed by atoms with Crippen LogP contribution in [0.1, 0.15) is 23.7 Å². The van der Waals surface area contributed by atoms with Gasteiger partial charge in [-0.1, -0.05) is 6.92 Å². The van der Waals surface area contributed by atoms with Crippen LogP contribution in [0.15, 0.2) is 22.7 Å². The Kier molecular flexibility index (Phi) is 4.99. The molecule has 1 aromatic carbocycles. The van der Waals surface area contributed by atoms with Crippen molar-refractivity contribution in [2.24, 2.45) is 0 Å². The molecule has 0 saturated carbocycles. The topological polar surface area (TPSA) is 110 Å². The standard InChI is InChI=1S/C11H11BrN2O5/c1-2-9(11(16)17)13-10(15)7-5-6(14(18)19)3-4-8(7)12/h3-5,9H,2H2,1H3,(H,13,15)(H,16,17). The fourth-order valence-electron chi connectivity index (χ4n) is 1.38. The van der Waals surface area contributed by atoms with Crippen molar-refractivity contribution < 1.29 is 19.6 Å². The zero-order valence-corrected chi connectivity index (χ0v) is 11.5. The van der Waals surface area contributed by atoms with Crippen LogP contribution in [0.2, 0.25) is 0 Å². The molecule has 0 aliphatic rings. The van der Waals surface area contributed by atoms with Gasteiger partial charge >= 0.3 is 5.97 Å². The lowest BCUT2D eigenvalue weighted by atomic mass is 10.1. The number of benzene rings is 1. The number of carboxylic acids is 1. The van der Waals surface area contributed by atoms with E-state index in [2.05, 4.69) is 21.2 Å². The highest BCUT2D eigenvalue weighted by atomic mass is 79.9. The summed E-state index contributed by atoms with van der Waals surface area (Å²) in [6, 6.07) is 2.68. The molecule has 19 heavy (non-hydrogen) atoms. The molecule has 0 saturated heterocycles. The van der Waals surface area contributed by atoms with Crippen LogP contribution in [0.5, 0.6) is 0 Å². The second-order valence-corrected chi connectivity index (χ2v) is 4.55. The van der Waals surface area contributed by atoms with Crippen LogP contribution in [-0.4, -0.2) is 27.9 Å². The molecule has 1 unspecified atom stereocenters. The minimum Gasteiger partial charge on any atom is -0.480 e. The van der Waals surface area contributed by atoms with E-state index < -0.39 is 22.8 Å². The van der Waals surface area contributed by atoms with Gasteiger partial charge in [0.05, 0.1) is 10.5 Å². The van der Waals surface area contributed by atoms with E-state index in [0.29, 0.717) is 4.47 Å². The van der Waals surface area contributed by atoms with Crippen LogP contribution in [0, 0.1) is 10.1 Å². The number of nitro benzene ring substituents is 1. The molecule has 1 atom stereocenters. The van der Waals surface area contributed by atoms with Gasteiger partial charge in [0.15, 0.2) is 0 Å². The third-order valence-corrected chi connectivity index (χ3v) is 3.11. The summed E-state index contributed by atoms with van der Waals surface area (Å²) in [5.41, 5.74) is -0.217. The molecule has 0 aromatic heterocycles. The van der Waals surface area contributed by atoms with Crippen LogP contribution >= 0.6 is 15.9 Å². The number of nitro groups is 1. The average molecular weight is 331 g/mol. The predicted molar refractivity (Wildman–Crippen MR) is 70.0 cm³/mol. The van der Waals surface area contributed by atoms with Crippen molar-refractivity contribution in [1.29, 1.82) is 0 Å². The van der Waals surface area contributed by atoms with Crippen LogP contribution in [0.3, 0.4) is 0 Å². The van der Waals surface area contributed by atoms with Gasteiger partial charge in [-0.3, -0.25) is 14.9 Å². The normalized spacial score (nSPS) is 11.7. The zero-order valence-electron chi connectivity index (χ0n) is 9.92. The molecule has 102 valence electrons. The van der Waals surface area contributed by atoms with Crippen LogP contribution < -0.4 is 5.32 Å². The molecule has 0 aliphatic carbocycles. The number of carbonyl (C=O) groups excluding carboxylic acids is 1. The zero-order chi connectivity index (χ0) is 14.6. The van der Waals surface area contributed by atoms with Gasteiger partial charge in [-0.2, -0.15) is 0 Å². The number of hydrogen-bond donors (Lipinski definition) is 2. The average Bonchev–Trinajstić information content (AvgIpc) is 2.35. The Labute approximate surface area is 116 Å². The van der Waals surface area contributed by atoms with E-state index in [9.17, 15) is 19.7 Å². The van der Waals surface area contributed by atoms with Crippen molar-refractivity contribution in [2.45, 2.75) is 19.4 Å². The number of carboxylic acid groups (broad SMARTS) is 1. The second kappa shape index (κ2) is 6.28. The largest absolute Gasteiger partial charge is 0.480 e. The maximum Gasteiger partial charge on any atom is 0.326 e. The van der Waals surface area contributed by atoms with Crippen molar-refractivity contribution in [3.05, 3.63) is 38.3 Å². The third kappa shape index (κ3) is 3.75. The van der Waals surface area contributed by atoms with Crippen LogP contribution in [-0.2, 0) is 4.79 Å². The molecule has 2 N–H and O–H groups in total. The molecule has 0 fully saturated rings. The first-order valence-corrected chi connectivity index (χ1v) is 6.13. The fraction of sp³-hybridized carbons (Fsp3) is 0.273. The van der Waals surface area contributed by atoms with E-state index in [-0.39, 0.29) is 17.7 Å². The van der Waals surface area contributed by atoms with Crippen LogP contribution in [0.4, 0.5) is 5.69 Å². The summed E-state index contributed by atoms with van der Waals surface area (Å²) in [7, 11) is 0. The minimum absolute atomic E-state index is 0.0221. The van der Waals surface area contributed by atoms with Gasteiger partial charge in [-0.15, -0.1) is 0 Å². The number of rotatable bonds is 5. The third-order valence-electron chi connectivity index (χ3n) is 2.42. The smallest absolute Gasteiger partial charge is 0.326 e. The number of aliphatic carboxylic acids is 1. The molecular formula is C11H11BrN2O5. The van der Waals surface area contributed by atoms with Gasteiger partial charge in [-0.25, -0.2) is 4.79 Å². The van der Waals surface area contributed by atoms with Crippen LogP contribution in [0.25, 0.3) is 0 Å². The Bertz CT molecular complexity index is 532. The molecule has 0 spiro atoms. The lowest BCUT2D eigenvalue weighted by molar-refractivity contribution is -0.384. The highest BCUT2D eigenvalue weighted by Crippen LogP contribution is 2.22. The number of carbonyl (C=O) groups is 2. The van der Waals surface area contributed by atoms with Gasteiger partial charge in [0.1, 0.15) is 6.04 Å². The number of amides is 1. The summed E-state index contributed by atoms with van der Waals surface area (Å²) < 4.78 is 0.357. The van der Waals surface area contributed by atoms with E-state index >= 15 is 0 Å². The maximum atomic E-state index is 11.9. The number of nitrogens with one attached hydrogen (secondary N) is 1. The lowest BCUT2D eigenvalue weighted by Gasteiger charge is -2.12. The number of hydrogen-bond acceptors (Lipinski definition) is 4. The van der Waals surface area contributed by atoms with Crippen molar-refractivity contribution in [3.8, 4) is 0 Å². The number of halogens is 1. The highest BCUT2D eigenvalue weighted by molar-refractivity contribution is 9.10. The molecule has 1 aromatic rings. The molecule has 1 rings (SSSR count). The first-order valence-electron chi connectivity index (χ1n) is 5.34. The molecule has 1 amide bonds. The minimum atomic E-state index is -1.16. The Morgan fingerprint density at radius 2 is 2.16 bits per heavy atom. The summed E-state index contributed by atoms with van der Waals surface area (Å²) in [6.45, 7) is 1.61. The van der Waals surface area contributed by atoms with Crippen molar-refractivity contribution in [1.82, 2.24) is 5.32 Å².